The molecule has 3 heteroatoms. The van der Waals surface area contributed by atoms with Crippen LogP contribution in [0.15, 0.2) is 108 Å². The third-order valence-electron chi connectivity index (χ3n) is 9.01. The van der Waals surface area contributed by atoms with Crippen LogP contribution in [0.2, 0.25) is 13.1 Å². The molecule has 39 heavy (non-hydrogen) atoms. The molecule has 0 bridgehead atoms. The minimum absolute atomic E-state index is 0.478. The number of rotatable bonds is 6. The summed E-state index contributed by atoms with van der Waals surface area (Å²) < 4.78 is 0. The maximum Gasteiger partial charge on any atom is 0.0722 e. The normalized spacial score (nSPS) is 17.8. The second-order valence-electron chi connectivity index (χ2n) is 11.8. The molecule has 0 aliphatic heterocycles. The van der Waals surface area contributed by atoms with E-state index in [9.17, 15) is 0 Å². The average Bonchev–Trinajstić information content (AvgIpc) is 3.49. The van der Waals surface area contributed by atoms with Gasteiger partial charge in [0.1, 0.15) is 0 Å². The van der Waals surface area contributed by atoms with E-state index in [2.05, 4.69) is 160 Å². The van der Waals surface area contributed by atoms with Crippen molar-refractivity contribution >= 4 is 43.0 Å². The fraction of sp³-hybridized carbons (Fsp3) is 0.222. The van der Waals surface area contributed by atoms with Crippen LogP contribution in [-0.4, -0.2) is 22.2 Å². The number of allylic oxidation sites excluding steroid dienone is 2. The summed E-state index contributed by atoms with van der Waals surface area (Å²) in [6, 6.07) is 35.2. The van der Waals surface area contributed by atoms with Crippen molar-refractivity contribution in [1.82, 2.24) is 0 Å². The lowest BCUT2D eigenvalue weighted by Gasteiger charge is -2.39. The van der Waals surface area contributed by atoms with E-state index in [1.54, 1.807) is 0 Å². The summed E-state index contributed by atoms with van der Waals surface area (Å²) in [5.41, 5.74) is 14.8. The number of nitrogens with zero attached hydrogens (tertiary/aromatic N) is 2. The SMILES string of the molecule is CC1=Cc2c(cccc2N(C)c2ccccc2)C1[Si](C)(C)C1C(C)=Cc2c1cccc2N(C)c1ccccc1. The van der Waals surface area contributed by atoms with Gasteiger partial charge in [0.25, 0.3) is 0 Å². The van der Waals surface area contributed by atoms with Crippen molar-refractivity contribution in [2.24, 2.45) is 0 Å². The van der Waals surface area contributed by atoms with Crippen LogP contribution in [-0.2, 0) is 0 Å². The van der Waals surface area contributed by atoms with Crippen LogP contribution in [0.3, 0.4) is 0 Å². The van der Waals surface area contributed by atoms with Crippen LogP contribution in [0.1, 0.15) is 47.2 Å². The lowest BCUT2D eigenvalue weighted by atomic mass is 10.1. The predicted octanol–water partition coefficient (Wildman–Crippen LogP) is 9.71. The monoisotopic (exact) mass is 526 g/mol. The Labute approximate surface area is 234 Å². The molecule has 4 aromatic carbocycles. The van der Waals surface area contributed by atoms with Crippen molar-refractivity contribution < 1.29 is 0 Å². The highest BCUT2D eigenvalue weighted by Gasteiger charge is 2.47. The molecule has 0 aromatic heterocycles. The molecule has 196 valence electrons. The highest BCUT2D eigenvalue weighted by molar-refractivity contribution is 6.81. The summed E-state index contributed by atoms with van der Waals surface area (Å²) >= 11 is 0. The van der Waals surface area contributed by atoms with E-state index in [-0.39, 0.29) is 0 Å². The van der Waals surface area contributed by atoms with Crippen LogP contribution >= 0.6 is 0 Å². The van der Waals surface area contributed by atoms with Crippen LogP contribution < -0.4 is 9.80 Å². The Morgan fingerprint density at radius 3 is 1.28 bits per heavy atom. The van der Waals surface area contributed by atoms with E-state index in [0.29, 0.717) is 11.1 Å². The average molecular weight is 527 g/mol. The minimum atomic E-state index is -1.91. The number of anilines is 4. The molecule has 0 fully saturated rings. The molecule has 2 unspecified atom stereocenters. The van der Waals surface area contributed by atoms with Crippen molar-refractivity contribution in [3.8, 4) is 0 Å². The number of fused-ring (bicyclic) bond motifs is 2. The molecule has 0 heterocycles. The number of hydrogen-bond acceptors (Lipinski definition) is 2. The Hall–Kier alpha value is -3.82. The first kappa shape index (κ1) is 25.5. The van der Waals surface area contributed by atoms with Gasteiger partial charge < -0.3 is 9.80 Å². The molecule has 4 aromatic rings. The van der Waals surface area contributed by atoms with Gasteiger partial charge in [0.2, 0.25) is 0 Å². The third kappa shape index (κ3) is 4.16. The molecule has 2 aliphatic rings. The van der Waals surface area contributed by atoms with Gasteiger partial charge in [0.15, 0.2) is 0 Å². The topological polar surface area (TPSA) is 6.48 Å². The number of benzene rings is 4. The van der Waals surface area contributed by atoms with Crippen molar-refractivity contribution in [3.05, 3.63) is 130 Å². The maximum atomic E-state index is 2.61. The summed E-state index contributed by atoms with van der Waals surface area (Å²) in [7, 11) is 2.47. The minimum Gasteiger partial charge on any atom is -0.344 e. The number of para-hydroxylation sites is 2. The molecule has 0 amide bonds. The van der Waals surface area contributed by atoms with E-state index >= 15 is 0 Å². The Morgan fingerprint density at radius 1 is 0.513 bits per heavy atom. The van der Waals surface area contributed by atoms with Gasteiger partial charge >= 0.3 is 0 Å². The Bertz CT molecular complexity index is 1460. The second-order valence-corrected chi connectivity index (χ2v) is 16.6. The first-order valence-electron chi connectivity index (χ1n) is 14.0. The van der Waals surface area contributed by atoms with Crippen LogP contribution in [0.25, 0.3) is 12.2 Å². The van der Waals surface area contributed by atoms with E-state index in [0.717, 1.165) is 0 Å². The predicted molar refractivity (Wildman–Crippen MR) is 172 cm³/mol. The molecular weight excluding hydrogens is 488 g/mol. The molecular formula is C36H38N2Si. The summed E-state index contributed by atoms with van der Waals surface area (Å²) in [5, 5.41) is 0. The summed E-state index contributed by atoms with van der Waals surface area (Å²) in [6.07, 6.45) is 4.94. The first-order chi connectivity index (χ1) is 18.8. The van der Waals surface area contributed by atoms with Crippen molar-refractivity contribution in [3.63, 3.8) is 0 Å². The Morgan fingerprint density at radius 2 is 0.897 bits per heavy atom. The van der Waals surface area contributed by atoms with Gasteiger partial charge in [-0.15, -0.1) is 0 Å². The van der Waals surface area contributed by atoms with E-state index in [1.165, 1.54) is 56.1 Å². The molecule has 2 atom stereocenters. The Kier molecular flexibility index (Phi) is 6.35. The number of hydrogen-bond donors (Lipinski definition) is 0. The summed E-state index contributed by atoms with van der Waals surface area (Å²) in [6.45, 7) is 9.95. The maximum absolute atomic E-state index is 2.61. The smallest absolute Gasteiger partial charge is 0.0722 e. The van der Waals surface area contributed by atoms with Gasteiger partial charge in [0, 0.05) is 59.1 Å². The van der Waals surface area contributed by atoms with Gasteiger partial charge in [-0.05, 0) is 61.4 Å². The second kappa shape index (κ2) is 9.73. The zero-order valence-corrected chi connectivity index (χ0v) is 24.9. The molecule has 0 saturated carbocycles. The Balaban J connectivity index is 1.40. The van der Waals surface area contributed by atoms with Gasteiger partial charge in [-0.3, -0.25) is 0 Å². The molecule has 0 radical (unpaired) electrons. The van der Waals surface area contributed by atoms with Crippen molar-refractivity contribution in [2.45, 2.75) is 38.0 Å². The van der Waals surface area contributed by atoms with E-state index in [1.807, 2.05) is 0 Å². The fourth-order valence-corrected chi connectivity index (χ4v) is 12.3. The van der Waals surface area contributed by atoms with Crippen LogP contribution in [0.5, 0.6) is 0 Å². The molecule has 0 saturated heterocycles. The van der Waals surface area contributed by atoms with Crippen LogP contribution in [0, 0.1) is 0 Å². The highest BCUT2D eigenvalue weighted by atomic mass is 28.3. The zero-order valence-electron chi connectivity index (χ0n) is 23.9. The molecule has 0 spiro atoms. The highest BCUT2D eigenvalue weighted by Crippen LogP contribution is 2.54. The molecule has 2 nitrogen and oxygen atoms in total. The fourth-order valence-electron chi connectivity index (χ4n) is 7.38. The quantitative estimate of drug-likeness (QED) is 0.231. The van der Waals surface area contributed by atoms with E-state index in [4.69, 9.17) is 0 Å². The van der Waals surface area contributed by atoms with Gasteiger partial charge in [0.05, 0.1) is 8.07 Å². The standard InChI is InChI=1S/C36H38N2Si/c1-25-23-31-29(19-13-21-33(31)37(3)27-15-9-7-10-16-27)35(25)39(5,6)36-26(2)24-32-30(36)20-14-22-34(32)38(4)28-17-11-8-12-18-28/h7-24,35-36H,1-6H3. The zero-order chi connectivity index (χ0) is 27.3. The van der Waals surface area contributed by atoms with Gasteiger partial charge in [-0.25, -0.2) is 0 Å². The van der Waals surface area contributed by atoms with Gasteiger partial charge in [-0.1, -0.05) is 97.1 Å². The third-order valence-corrected chi connectivity index (χ3v) is 13.5. The molecule has 0 N–H and O–H groups in total. The lowest BCUT2D eigenvalue weighted by molar-refractivity contribution is 0.967. The first-order valence-corrected chi connectivity index (χ1v) is 17.1. The van der Waals surface area contributed by atoms with E-state index < -0.39 is 8.07 Å². The lowest BCUT2D eigenvalue weighted by Crippen LogP contribution is -2.42. The molecule has 2 aliphatic carbocycles. The van der Waals surface area contributed by atoms with Crippen molar-refractivity contribution in [2.75, 3.05) is 23.9 Å². The molecule has 6 rings (SSSR count). The summed E-state index contributed by atoms with van der Waals surface area (Å²) in [4.78, 5) is 4.67. The van der Waals surface area contributed by atoms with Gasteiger partial charge in [-0.2, -0.15) is 0 Å². The summed E-state index contributed by atoms with van der Waals surface area (Å²) in [5.74, 6) is 0. The largest absolute Gasteiger partial charge is 0.344 e. The van der Waals surface area contributed by atoms with Crippen molar-refractivity contribution in [1.29, 1.82) is 0 Å². The van der Waals surface area contributed by atoms with Crippen LogP contribution in [0.4, 0.5) is 22.7 Å².